The summed E-state index contributed by atoms with van der Waals surface area (Å²) in [5, 5.41) is 0.944. The first-order valence-corrected chi connectivity index (χ1v) is 9.61. The van der Waals surface area contributed by atoms with Crippen LogP contribution in [0.5, 0.6) is 17.2 Å². The summed E-state index contributed by atoms with van der Waals surface area (Å²) >= 11 is 0. The third-order valence-corrected chi connectivity index (χ3v) is 5.06. The lowest BCUT2D eigenvalue weighted by molar-refractivity contribution is 0.0786. The molecule has 0 aliphatic heterocycles. The first-order chi connectivity index (χ1) is 14.4. The quantitative estimate of drug-likeness (QED) is 0.598. The van der Waals surface area contributed by atoms with Crippen molar-refractivity contribution < 1.29 is 19.0 Å². The van der Waals surface area contributed by atoms with Crippen LogP contribution in [0.3, 0.4) is 0 Å². The second-order valence-corrected chi connectivity index (χ2v) is 6.90. The minimum atomic E-state index is -0.197. The molecular formula is C23H26N2O5. The number of amides is 1. The summed E-state index contributed by atoms with van der Waals surface area (Å²) in [6, 6.07) is 10.9. The number of benzene rings is 2. The van der Waals surface area contributed by atoms with E-state index in [0.29, 0.717) is 40.9 Å². The maximum Gasteiger partial charge on any atom is 0.258 e. The first kappa shape index (κ1) is 21.2. The van der Waals surface area contributed by atoms with Crippen molar-refractivity contribution in [3.05, 3.63) is 64.1 Å². The molecule has 0 saturated heterocycles. The molecule has 0 spiro atoms. The summed E-state index contributed by atoms with van der Waals surface area (Å²) in [7, 11) is 6.37. The zero-order chi connectivity index (χ0) is 21.8. The molecule has 3 aromatic rings. The monoisotopic (exact) mass is 410 g/mol. The standard InChI is InChI=1S/C23H26N2O5/c1-6-25-14-19(17-11-20(29-4)21(30-5)12-18(17)23(25)27)22(26)24(2)13-15-8-7-9-16(10-15)28-3/h7-12,14H,6,13H2,1-5H3. The molecule has 0 atom stereocenters. The Kier molecular flexibility index (Phi) is 6.30. The zero-order valence-electron chi connectivity index (χ0n) is 17.9. The Balaban J connectivity index is 2.09. The molecule has 0 aliphatic rings. The lowest BCUT2D eigenvalue weighted by Crippen LogP contribution is -2.29. The van der Waals surface area contributed by atoms with E-state index in [9.17, 15) is 9.59 Å². The van der Waals surface area contributed by atoms with Crippen LogP contribution < -0.4 is 19.8 Å². The molecule has 0 bridgehead atoms. The van der Waals surface area contributed by atoms with Crippen molar-refractivity contribution >= 4 is 16.7 Å². The van der Waals surface area contributed by atoms with Gasteiger partial charge in [0.05, 0.1) is 32.3 Å². The van der Waals surface area contributed by atoms with Crippen molar-refractivity contribution in [3.63, 3.8) is 0 Å². The molecule has 0 aliphatic carbocycles. The number of methoxy groups -OCH3 is 3. The van der Waals surface area contributed by atoms with E-state index >= 15 is 0 Å². The van der Waals surface area contributed by atoms with Crippen molar-refractivity contribution in [2.75, 3.05) is 28.4 Å². The van der Waals surface area contributed by atoms with Crippen LogP contribution in [-0.4, -0.2) is 43.8 Å². The van der Waals surface area contributed by atoms with Crippen LogP contribution >= 0.6 is 0 Å². The SMILES string of the molecule is CCn1cc(C(=O)N(C)Cc2cccc(OC)c2)c2cc(OC)c(OC)cc2c1=O. The lowest BCUT2D eigenvalue weighted by Gasteiger charge is -2.20. The molecule has 1 amide bonds. The second-order valence-electron chi connectivity index (χ2n) is 6.90. The van der Waals surface area contributed by atoms with Crippen molar-refractivity contribution in [3.8, 4) is 17.2 Å². The fraction of sp³-hybridized carbons (Fsp3) is 0.304. The number of pyridine rings is 1. The number of hydrogen-bond donors (Lipinski definition) is 0. The minimum Gasteiger partial charge on any atom is -0.497 e. The van der Waals surface area contributed by atoms with Gasteiger partial charge in [0.25, 0.3) is 11.5 Å². The van der Waals surface area contributed by atoms with Crippen molar-refractivity contribution in [1.29, 1.82) is 0 Å². The van der Waals surface area contributed by atoms with Gasteiger partial charge in [0.1, 0.15) is 5.75 Å². The molecule has 0 N–H and O–H groups in total. The fourth-order valence-electron chi connectivity index (χ4n) is 3.44. The number of rotatable bonds is 7. The molecule has 1 aromatic heterocycles. The van der Waals surface area contributed by atoms with Gasteiger partial charge in [-0.1, -0.05) is 12.1 Å². The Morgan fingerprint density at radius 3 is 2.27 bits per heavy atom. The first-order valence-electron chi connectivity index (χ1n) is 9.61. The van der Waals surface area contributed by atoms with E-state index in [4.69, 9.17) is 14.2 Å². The van der Waals surface area contributed by atoms with Gasteiger partial charge in [-0.25, -0.2) is 0 Å². The van der Waals surface area contributed by atoms with Crippen LogP contribution in [0.15, 0.2) is 47.4 Å². The van der Waals surface area contributed by atoms with Crippen LogP contribution in [-0.2, 0) is 13.1 Å². The number of aromatic nitrogens is 1. The van der Waals surface area contributed by atoms with E-state index in [1.807, 2.05) is 31.2 Å². The number of nitrogens with zero attached hydrogens (tertiary/aromatic N) is 2. The maximum absolute atomic E-state index is 13.4. The topological polar surface area (TPSA) is 70.0 Å². The molecule has 2 aromatic carbocycles. The Morgan fingerprint density at radius 2 is 1.67 bits per heavy atom. The van der Waals surface area contributed by atoms with Gasteiger partial charge in [-0.2, -0.15) is 0 Å². The third-order valence-electron chi connectivity index (χ3n) is 5.06. The highest BCUT2D eigenvalue weighted by Gasteiger charge is 2.20. The number of carbonyl (C=O) groups excluding carboxylic acids is 1. The molecule has 30 heavy (non-hydrogen) atoms. The van der Waals surface area contributed by atoms with E-state index < -0.39 is 0 Å². The highest BCUT2D eigenvalue weighted by Crippen LogP contribution is 2.32. The number of ether oxygens (including phenoxy) is 3. The fourth-order valence-corrected chi connectivity index (χ4v) is 3.44. The maximum atomic E-state index is 13.4. The summed E-state index contributed by atoms with van der Waals surface area (Å²) in [5.74, 6) is 1.44. The van der Waals surface area contributed by atoms with E-state index in [-0.39, 0.29) is 11.5 Å². The van der Waals surface area contributed by atoms with Gasteiger partial charge in [-0.05, 0) is 36.8 Å². The summed E-state index contributed by atoms with van der Waals surface area (Å²) in [4.78, 5) is 27.8. The molecule has 7 nitrogen and oxygen atoms in total. The molecule has 1 heterocycles. The van der Waals surface area contributed by atoms with E-state index in [0.717, 1.165) is 11.3 Å². The zero-order valence-corrected chi connectivity index (χ0v) is 17.9. The van der Waals surface area contributed by atoms with E-state index in [2.05, 4.69) is 0 Å². The highest BCUT2D eigenvalue weighted by atomic mass is 16.5. The largest absolute Gasteiger partial charge is 0.497 e. The predicted octanol–water partition coefficient (Wildman–Crippen LogP) is 3.32. The Hall–Kier alpha value is -3.48. The van der Waals surface area contributed by atoms with Gasteiger partial charge < -0.3 is 23.7 Å². The molecule has 3 rings (SSSR count). The van der Waals surface area contributed by atoms with Gasteiger partial charge in [0.15, 0.2) is 11.5 Å². The normalized spacial score (nSPS) is 10.7. The average Bonchev–Trinajstić information content (AvgIpc) is 2.78. The van der Waals surface area contributed by atoms with Gasteiger partial charge in [0.2, 0.25) is 0 Å². The van der Waals surface area contributed by atoms with E-state index in [1.165, 1.54) is 18.8 Å². The highest BCUT2D eigenvalue weighted by molar-refractivity contribution is 6.07. The number of hydrogen-bond acceptors (Lipinski definition) is 5. The van der Waals surface area contributed by atoms with Gasteiger partial charge >= 0.3 is 0 Å². The van der Waals surface area contributed by atoms with Gasteiger partial charge in [-0.3, -0.25) is 9.59 Å². The minimum absolute atomic E-state index is 0.180. The van der Waals surface area contributed by atoms with Crippen LogP contribution in [0.1, 0.15) is 22.8 Å². The number of fused-ring (bicyclic) bond motifs is 1. The van der Waals surface area contributed by atoms with Crippen LogP contribution in [0.25, 0.3) is 10.8 Å². The molecular weight excluding hydrogens is 384 g/mol. The Bertz CT molecular complexity index is 1140. The van der Waals surface area contributed by atoms with Crippen LogP contribution in [0.4, 0.5) is 0 Å². The predicted molar refractivity (Wildman–Crippen MR) is 116 cm³/mol. The molecule has 0 unspecified atom stereocenters. The summed E-state index contributed by atoms with van der Waals surface area (Å²) in [6.45, 7) is 2.71. The van der Waals surface area contributed by atoms with Gasteiger partial charge in [-0.15, -0.1) is 0 Å². The smallest absolute Gasteiger partial charge is 0.258 e. The van der Waals surface area contributed by atoms with Crippen LogP contribution in [0, 0.1) is 0 Å². The van der Waals surface area contributed by atoms with E-state index in [1.54, 1.807) is 37.4 Å². The molecule has 158 valence electrons. The summed E-state index contributed by atoms with van der Waals surface area (Å²) in [6.07, 6.45) is 1.61. The number of aryl methyl sites for hydroxylation is 1. The Morgan fingerprint density at radius 1 is 1.00 bits per heavy atom. The second kappa shape index (κ2) is 8.90. The van der Waals surface area contributed by atoms with Gasteiger partial charge in [0, 0.05) is 31.7 Å². The average molecular weight is 410 g/mol. The Labute approximate surface area is 175 Å². The molecule has 0 fully saturated rings. The van der Waals surface area contributed by atoms with Crippen molar-refractivity contribution in [1.82, 2.24) is 9.47 Å². The lowest BCUT2D eigenvalue weighted by atomic mass is 10.0. The molecule has 7 heteroatoms. The summed E-state index contributed by atoms with van der Waals surface area (Å²) < 4.78 is 17.5. The number of carbonyl (C=O) groups is 1. The van der Waals surface area contributed by atoms with Crippen molar-refractivity contribution in [2.24, 2.45) is 0 Å². The molecule has 0 saturated carbocycles. The van der Waals surface area contributed by atoms with Crippen molar-refractivity contribution in [2.45, 2.75) is 20.0 Å². The summed E-state index contributed by atoms with van der Waals surface area (Å²) in [5.41, 5.74) is 1.19. The third kappa shape index (κ3) is 3.96. The molecule has 0 radical (unpaired) electrons. The van der Waals surface area contributed by atoms with Crippen LogP contribution in [0.2, 0.25) is 0 Å².